The Bertz CT molecular complexity index is 1860. The van der Waals surface area contributed by atoms with Crippen molar-refractivity contribution in [2.75, 3.05) is 17.2 Å². The number of urea groups is 1. The molecule has 10 nitrogen and oxygen atoms in total. The lowest BCUT2D eigenvalue weighted by Crippen LogP contribution is -2.61. The maximum Gasteiger partial charge on any atom is 0.323 e. The average molecular weight is 747 g/mol. The molecule has 2 heterocycles. The Labute approximate surface area is 324 Å². The Morgan fingerprint density at radius 1 is 0.764 bits per heavy atom. The smallest absolute Gasteiger partial charge is 0.323 e. The molecule has 0 unspecified atom stereocenters. The summed E-state index contributed by atoms with van der Waals surface area (Å²) in [5.74, 6) is 2.10. The molecule has 7 rings (SSSR count). The summed E-state index contributed by atoms with van der Waals surface area (Å²) in [4.78, 5) is 29.2. The van der Waals surface area contributed by atoms with Crippen LogP contribution >= 0.6 is 0 Å². The number of aliphatic hydroxyl groups is 1. The summed E-state index contributed by atoms with van der Waals surface area (Å²) < 4.78 is 19.3. The number of para-hydroxylation sites is 1. The van der Waals surface area contributed by atoms with Crippen molar-refractivity contribution in [3.63, 3.8) is 0 Å². The van der Waals surface area contributed by atoms with Crippen LogP contribution in [0.5, 0.6) is 11.5 Å². The van der Waals surface area contributed by atoms with Gasteiger partial charge in [-0.1, -0.05) is 67.4 Å². The average Bonchev–Trinajstić information content (AvgIpc) is 3.18. The highest BCUT2D eigenvalue weighted by molar-refractivity contribution is 5.99. The molecule has 4 aromatic rings. The minimum absolute atomic E-state index is 0.0237. The maximum atomic E-state index is 13.8. The van der Waals surface area contributed by atoms with Crippen molar-refractivity contribution in [2.24, 2.45) is 5.92 Å². The van der Waals surface area contributed by atoms with E-state index in [9.17, 15) is 14.7 Å². The van der Waals surface area contributed by atoms with Gasteiger partial charge in [-0.2, -0.15) is 0 Å². The van der Waals surface area contributed by atoms with Crippen LogP contribution in [0.1, 0.15) is 94.8 Å². The quantitative estimate of drug-likeness (QED) is 0.128. The number of hydrogen-bond donors (Lipinski definition) is 4. The normalized spacial score (nSPS) is 24.3. The van der Waals surface area contributed by atoms with Gasteiger partial charge in [0.1, 0.15) is 11.5 Å². The minimum Gasteiger partial charge on any atom is -0.457 e. The first kappa shape index (κ1) is 38.5. The highest BCUT2D eigenvalue weighted by Gasteiger charge is 2.44. The van der Waals surface area contributed by atoms with Crippen molar-refractivity contribution in [3.05, 3.63) is 120 Å². The summed E-state index contributed by atoms with van der Waals surface area (Å²) >= 11 is 0. The molecule has 0 aromatic heterocycles. The molecule has 0 radical (unpaired) electrons. The van der Waals surface area contributed by atoms with Crippen molar-refractivity contribution in [3.8, 4) is 11.5 Å². The molecular formula is C45H54N4O6. The molecule has 3 aliphatic rings. The van der Waals surface area contributed by atoms with Crippen molar-refractivity contribution in [1.29, 1.82) is 0 Å². The predicted octanol–water partition coefficient (Wildman–Crippen LogP) is 9.10. The van der Waals surface area contributed by atoms with E-state index in [0.717, 1.165) is 41.7 Å². The Balaban J connectivity index is 1.05. The fourth-order valence-electron chi connectivity index (χ4n) is 8.24. The van der Waals surface area contributed by atoms with Crippen LogP contribution in [0.3, 0.4) is 0 Å². The van der Waals surface area contributed by atoms with E-state index >= 15 is 0 Å². The molecule has 2 aliphatic heterocycles. The number of likely N-dealkylation sites (tertiary alicyclic amines) is 1. The van der Waals surface area contributed by atoms with Crippen LogP contribution in [0.25, 0.3) is 0 Å². The summed E-state index contributed by atoms with van der Waals surface area (Å²) in [6.45, 7) is 6.72. The number of fused-ring (bicyclic) bond motifs is 1. The van der Waals surface area contributed by atoms with Crippen LogP contribution in [-0.4, -0.2) is 52.2 Å². The zero-order chi connectivity index (χ0) is 38.4. The van der Waals surface area contributed by atoms with Gasteiger partial charge in [0.2, 0.25) is 5.91 Å². The van der Waals surface area contributed by atoms with Gasteiger partial charge >= 0.3 is 6.03 Å². The van der Waals surface area contributed by atoms with Gasteiger partial charge < -0.3 is 35.3 Å². The monoisotopic (exact) mass is 746 g/mol. The Morgan fingerprint density at radius 2 is 1.40 bits per heavy atom. The number of carbonyl (C=O) groups is 2. The van der Waals surface area contributed by atoms with E-state index in [1.807, 2.05) is 112 Å². The van der Waals surface area contributed by atoms with E-state index in [4.69, 9.17) is 14.2 Å². The third-order valence-corrected chi connectivity index (χ3v) is 10.9. The second-order valence-electron chi connectivity index (χ2n) is 16.1. The SMILES string of the molecule is CC(C)(C)NC(=O)[C@H]1CC[C@H]2CCCC[C@H]2N1C[C@@H]1C[C@H](c2ccc(CO)cc2)O[C@H](c2ccc(NC(=O)Nc3ccc(Oc4ccccc4)cc3)cc2)O1. The van der Waals surface area contributed by atoms with Gasteiger partial charge in [0.15, 0.2) is 6.29 Å². The van der Waals surface area contributed by atoms with E-state index < -0.39 is 6.29 Å². The highest BCUT2D eigenvalue weighted by Crippen LogP contribution is 2.42. The van der Waals surface area contributed by atoms with Gasteiger partial charge in [-0.15, -0.1) is 0 Å². The topological polar surface area (TPSA) is 121 Å². The third-order valence-electron chi connectivity index (χ3n) is 10.9. The molecule has 4 N–H and O–H groups in total. The summed E-state index contributed by atoms with van der Waals surface area (Å²) in [7, 11) is 0. The highest BCUT2D eigenvalue weighted by atomic mass is 16.7. The molecule has 10 heteroatoms. The second-order valence-corrected chi connectivity index (χ2v) is 16.1. The van der Waals surface area contributed by atoms with Crippen LogP contribution in [0.4, 0.5) is 16.2 Å². The summed E-state index contributed by atoms with van der Waals surface area (Å²) in [5.41, 5.74) is 3.63. The van der Waals surface area contributed by atoms with Crippen molar-refractivity contribution >= 4 is 23.3 Å². The van der Waals surface area contributed by atoms with Crippen molar-refractivity contribution in [2.45, 2.75) is 108 Å². The summed E-state index contributed by atoms with van der Waals surface area (Å²) in [6, 6.07) is 31.9. The van der Waals surface area contributed by atoms with Crippen LogP contribution < -0.4 is 20.7 Å². The first-order valence-corrected chi connectivity index (χ1v) is 19.7. The van der Waals surface area contributed by atoms with Crippen LogP contribution in [0, 0.1) is 5.92 Å². The fraction of sp³-hybridized carbons (Fsp3) is 0.422. The molecule has 3 fully saturated rings. The number of anilines is 2. The van der Waals surface area contributed by atoms with E-state index in [2.05, 4.69) is 20.9 Å². The first-order valence-electron chi connectivity index (χ1n) is 19.7. The lowest BCUT2D eigenvalue weighted by Gasteiger charge is -2.50. The van der Waals surface area contributed by atoms with Gasteiger partial charge in [-0.25, -0.2) is 4.79 Å². The molecule has 55 heavy (non-hydrogen) atoms. The number of aliphatic hydroxyl groups excluding tert-OH is 1. The number of amides is 3. The molecule has 1 aliphatic carbocycles. The number of nitrogens with zero attached hydrogens (tertiary/aromatic N) is 1. The minimum atomic E-state index is -0.658. The Hall–Kier alpha value is -4.74. The number of nitrogens with one attached hydrogen (secondary N) is 3. The zero-order valence-electron chi connectivity index (χ0n) is 32.1. The van der Waals surface area contributed by atoms with E-state index in [1.165, 1.54) is 19.3 Å². The standard InChI is InChI=1S/C45H54N4O6/c1-45(2,3)48-42(51)40-26-19-31-9-7-8-12-39(31)49(40)28-38-27-41(32-15-13-30(29-50)14-16-32)55-43(54-38)33-17-20-34(21-18-33)46-44(52)47-35-22-24-37(25-23-35)53-36-10-5-4-6-11-36/h4-6,10-11,13-18,20-25,31,38-41,43,50H,7-9,12,19,26-29H2,1-3H3,(H,48,51)(H2,46,47,52)/t31-,38+,39-,40-,41-,43-/m1/s1. The zero-order valence-corrected chi connectivity index (χ0v) is 32.1. The molecule has 0 bridgehead atoms. The fourth-order valence-corrected chi connectivity index (χ4v) is 8.24. The molecular weight excluding hydrogens is 693 g/mol. The number of hydrogen-bond acceptors (Lipinski definition) is 7. The molecule has 290 valence electrons. The van der Waals surface area contributed by atoms with E-state index in [-0.39, 0.29) is 42.3 Å². The largest absolute Gasteiger partial charge is 0.457 e. The van der Waals surface area contributed by atoms with E-state index in [1.54, 1.807) is 12.1 Å². The van der Waals surface area contributed by atoms with Gasteiger partial charge in [-0.05, 0) is 112 Å². The lowest BCUT2D eigenvalue weighted by molar-refractivity contribution is -0.255. The Kier molecular flexibility index (Phi) is 12.2. The van der Waals surface area contributed by atoms with Crippen molar-refractivity contribution < 1.29 is 28.9 Å². The van der Waals surface area contributed by atoms with Crippen LogP contribution in [0.2, 0.25) is 0 Å². The summed E-state index contributed by atoms with van der Waals surface area (Å²) in [6.07, 6.45) is 6.19. The molecule has 6 atom stereocenters. The molecule has 1 saturated carbocycles. The molecule has 2 saturated heterocycles. The van der Waals surface area contributed by atoms with Gasteiger partial charge in [0.05, 0.1) is 24.9 Å². The third kappa shape index (κ3) is 10.1. The van der Waals surface area contributed by atoms with E-state index in [0.29, 0.717) is 42.0 Å². The number of rotatable bonds is 10. The molecule has 3 amide bonds. The number of benzene rings is 4. The number of carbonyl (C=O) groups excluding carboxylic acids is 2. The van der Waals surface area contributed by atoms with Gasteiger partial charge in [-0.3, -0.25) is 9.69 Å². The second kappa shape index (κ2) is 17.4. The number of ether oxygens (including phenoxy) is 3. The van der Waals surface area contributed by atoms with Gasteiger partial charge in [0.25, 0.3) is 0 Å². The molecule has 0 spiro atoms. The van der Waals surface area contributed by atoms with Crippen LogP contribution in [0.15, 0.2) is 103 Å². The van der Waals surface area contributed by atoms with Crippen molar-refractivity contribution in [1.82, 2.24) is 10.2 Å². The van der Waals surface area contributed by atoms with Crippen LogP contribution in [-0.2, 0) is 20.9 Å². The Morgan fingerprint density at radius 3 is 2.07 bits per heavy atom. The maximum absolute atomic E-state index is 13.8. The summed E-state index contributed by atoms with van der Waals surface area (Å²) in [5, 5.41) is 18.7. The predicted molar refractivity (Wildman–Crippen MR) is 214 cm³/mol. The first-order chi connectivity index (χ1) is 26.6. The van der Waals surface area contributed by atoms with Gasteiger partial charge in [0, 0.05) is 41.5 Å². The molecule has 4 aromatic carbocycles. The number of piperidine rings is 1. The lowest BCUT2D eigenvalue weighted by atomic mass is 9.75.